The number of piperidine rings is 1. The van der Waals surface area contributed by atoms with Crippen molar-refractivity contribution in [2.75, 3.05) is 29.9 Å². The molecule has 0 unspecified atom stereocenters. The molecule has 1 aliphatic rings. The Hall–Kier alpha value is -2.91. The summed E-state index contributed by atoms with van der Waals surface area (Å²) in [6.45, 7) is 3.28. The van der Waals surface area contributed by atoms with Gasteiger partial charge in [0.2, 0.25) is 15.9 Å². The average molecular weight is 431 g/mol. The number of hydrogen-bond acceptors (Lipinski definition) is 5. The van der Waals surface area contributed by atoms with Crippen molar-refractivity contribution in [3.05, 3.63) is 54.1 Å². The molecule has 0 aliphatic carbocycles. The van der Waals surface area contributed by atoms with Crippen molar-refractivity contribution in [2.45, 2.75) is 24.7 Å². The van der Waals surface area contributed by atoms with Crippen molar-refractivity contribution in [3.8, 4) is 0 Å². The second-order valence-corrected chi connectivity index (χ2v) is 8.93. The number of benzene rings is 2. The van der Waals surface area contributed by atoms with Crippen LogP contribution in [0.3, 0.4) is 0 Å². The third-order valence-electron chi connectivity index (χ3n) is 5.13. The van der Waals surface area contributed by atoms with Gasteiger partial charge in [-0.05, 0) is 43.2 Å². The van der Waals surface area contributed by atoms with E-state index in [1.165, 1.54) is 12.1 Å². The Morgan fingerprint density at radius 3 is 2.47 bits per heavy atom. The summed E-state index contributed by atoms with van der Waals surface area (Å²) in [6, 6.07) is 13.3. The van der Waals surface area contributed by atoms with Gasteiger partial charge in [0, 0.05) is 31.1 Å². The first-order chi connectivity index (χ1) is 14.3. The highest BCUT2D eigenvalue weighted by molar-refractivity contribution is 7.89. The number of nitrogens with two attached hydrogens (primary N) is 1. The SMILES string of the molecule is CCNS(=O)(=O)c1cccc(C(=O)Nc2ccccc2N2CCC(C(N)=O)CC2)c1. The van der Waals surface area contributed by atoms with Gasteiger partial charge in [0.05, 0.1) is 16.3 Å². The van der Waals surface area contributed by atoms with Crippen molar-refractivity contribution in [1.29, 1.82) is 0 Å². The highest BCUT2D eigenvalue weighted by atomic mass is 32.2. The Morgan fingerprint density at radius 1 is 1.10 bits per heavy atom. The molecule has 0 spiro atoms. The van der Waals surface area contributed by atoms with Crippen LogP contribution in [0.25, 0.3) is 0 Å². The third-order valence-corrected chi connectivity index (χ3v) is 6.67. The topological polar surface area (TPSA) is 122 Å². The maximum Gasteiger partial charge on any atom is 0.255 e. The Kier molecular flexibility index (Phi) is 6.73. The minimum absolute atomic E-state index is 0.0406. The molecule has 1 fully saturated rings. The lowest BCUT2D eigenvalue weighted by molar-refractivity contribution is -0.122. The predicted octanol–water partition coefficient (Wildman–Crippen LogP) is 1.94. The van der Waals surface area contributed by atoms with Gasteiger partial charge < -0.3 is 16.0 Å². The molecule has 4 N–H and O–H groups in total. The van der Waals surface area contributed by atoms with E-state index in [1.807, 2.05) is 18.2 Å². The van der Waals surface area contributed by atoms with E-state index in [0.717, 1.165) is 5.69 Å². The molecule has 2 aromatic rings. The van der Waals surface area contributed by atoms with E-state index in [2.05, 4.69) is 14.9 Å². The number of carbonyl (C=O) groups is 2. The molecule has 3 rings (SSSR count). The average Bonchev–Trinajstić information content (AvgIpc) is 2.74. The first kappa shape index (κ1) is 21.8. The van der Waals surface area contributed by atoms with E-state index in [1.54, 1.807) is 25.1 Å². The molecule has 9 heteroatoms. The molecule has 1 aliphatic heterocycles. The minimum Gasteiger partial charge on any atom is -0.370 e. The number of para-hydroxylation sites is 2. The molecule has 0 radical (unpaired) electrons. The van der Waals surface area contributed by atoms with Crippen LogP contribution in [0.1, 0.15) is 30.1 Å². The van der Waals surface area contributed by atoms with Crippen molar-refractivity contribution >= 4 is 33.2 Å². The second kappa shape index (κ2) is 9.27. The monoisotopic (exact) mass is 430 g/mol. The quantitative estimate of drug-likeness (QED) is 0.620. The molecular formula is C21H26N4O4S. The van der Waals surface area contributed by atoms with Gasteiger partial charge in [-0.1, -0.05) is 25.1 Å². The van der Waals surface area contributed by atoms with Gasteiger partial charge >= 0.3 is 0 Å². The summed E-state index contributed by atoms with van der Waals surface area (Å²) < 4.78 is 26.9. The summed E-state index contributed by atoms with van der Waals surface area (Å²) in [5.74, 6) is -0.795. The molecule has 30 heavy (non-hydrogen) atoms. The van der Waals surface area contributed by atoms with E-state index >= 15 is 0 Å². The van der Waals surface area contributed by atoms with Crippen molar-refractivity contribution in [1.82, 2.24) is 4.72 Å². The maximum absolute atomic E-state index is 12.8. The number of nitrogens with one attached hydrogen (secondary N) is 2. The Bertz CT molecular complexity index is 1030. The molecule has 0 bridgehead atoms. The van der Waals surface area contributed by atoms with Gasteiger partial charge in [0.15, 0.2) is 0 Å². The van der Waals surface area contributed by atoms with Gasteiger partial charge in [0.1, 0.15) is 0 Å². The van der Waals surface area contributed by atoms with Crippen LogP contribution in [-0.4, -0.2) is 39.9 Å². The maximum atomic E-state index is 12.8. The summed E-state index contributed by atoms with van der Waals surface area (Å²) in [5.41, 5.74) is 7.13. The van der Waals surface area contributed by atoms with E-state index in [0.29, 0.717) is 31.6 Å². The molecule has 0 aromatic heterocycles. The first-order valence-corrected chi connectivity index (χ1v) is 11.3. The van der Waals surface area contributed by atoms with E-state index < -0.39 is 15.9 Å². The van der Waals surface area contributed by atoms with E-state index in [9.17, 15) is 18.0 Å². The molecular weight excluding hydrogens is 404 g/mol. The number of nitrogens with zero attached hydrogens (tertiary/aromatic N) is 1. The highest BCUT2D eigenvalue weighted by Crippen LogP contribution is 2.30. The molecule has 8 nitrogen and oxygen atoms in total. The number of amides is 2. The van der Waals surface area contributed by atoms with Gasteiger partial charge in [-0.15, -0.1) is 0 Å². The van der Waals surface area contributed by atoms with Crippen LogP contribution in [0.2, 0.25) is 0 Å². The Balaban J connectivity index is 1.78. The fourth-order valence-electron chi connectivity index (χ4n) is 3.53. The zero-order valence-electron chi connectivity index (χ0n) is 16.8. The lowest BCUT2D eigenvalue weighted by Gasteiger charge is -2.33. The van der Waals surface area contributed by atoms with Crippen molar-refractivity contribution in [3.63, 3.8) is 0 Å². The van der Waals surface area contributed by atoms with Gasteiger partial charge in [0.25, 0.3) is 5.91 Å². The fourth-order valence-corrected chi connectivity index (χ4v) is 4.62. The lowest BCUT2D eigenvalue weighted by Crippen LogP contribution is -2.38. The van der Waals surface area contributed by atoms with Crippen LogP contribution in [0.5, 0.6) is 0 Å². The zero-order valence-corrected chi connectivity index (χ0v) is 17.6. The predicted molar refractivity (Wildman–Crippen MR) is 116 cm³/mol. The van der Waals surface area contributed by atoms with Crippen LogP contribution < -0.4 is 20.7 Å². The number of rotatable bonds is 7. The smallest absolute Gasteiger partial charge is 0.255 e. The number of carbonyl (C=O) groups excluding carboxylic acids is 2. The standard InChI is InChI=1S/C21H26N4O4S/c1-2-23-30(28,29)17-7-5-6-16(14-17)21(27)24-18-8-3-4-9-19(18)25-12-10-15(11-13-25)20(22)26/h3-9,14-15,23H,2,10-13H2,1H3,(H2,22,26)(H,24,27). The van der Waals surface area contributed by atoms with Crippen LogP contribution in [0.4, 0.5) is 11.4 Å². The van der Waals surface area contributed by atoms with E-state index in [-0.39, 0.29) is 28.8 Å². The third kappa shape index (κ3) is 4.98. The molecule has 0 atom stereocenters. The number of hydrogen-bond donors (Lipinski definition) is 3. The summed E-state index contributed by atoms with van der Waals surface area (Å²) in [7, 11) is -3.65. The molecule has 1 heterocycles. The van der Waals surface area contributed by atoms with Crippen LogP contribution >= 0.6 is 0 Å². The Morgan fingerprint density at radius 2 is 1.80 bits per heavy atom. The molecule has 2 amide bonds. The molecule has 160 valence electrons. The van der Waals surface area contributed by atoms with Crippen LogP contribution in [0.15, 0.2) is 53.4 Å². The van der Waals surface area contributed by atoms with Crippen LogP contribution in [0, 0.1) is 5.92 Å². The molecule has 2 aromatic carbocycles. The van der Waals surface area contributed by atoms with Crippen LogP contribution in [-0.2, 0) is 14.8 Å². The normalized spacial score (nSPS) is 15.0. The summed E-state index contributed by atoms with van der Waals surface area (Å²) >= 11 is 0. The van der Waals surface area contributed by atoms with Gasteiger partial charge in [-0.25, -0.2) is 13.1 Å². The number of sulfonamides is 1. The first-order valence-electron chi connectivity index (χ1n) is 9.86. The lowest BCUT2D eigenvalue weighted by atomic mass is 9.96. The summed E-state index contributed by atoms with van der Waals surface area (Å²) in [4.78, 5) is 26.4. The number of primary amides is 1. The molecule has 0 saturated carbocycles. The Labute approximate surface area is 176 Å². The zero-order chi connectivity index (χ0) is 21.7. The van der Waals surface area contributed by atoms with E-state index in [4.69, 9.17) is 5.73 Å². The number of anilines is 2. The molecule has 1 saturated heterocycles. The van der Waals surface area contributed by atoms with Gasteiger partial charge in [-0.2, -0.15) is 0 Å². The highest BCUT2D eigenvalue weighted by Gasteiger charge is 2.25. The minimum atomic E-state index is -3.65. The van der Waals surface area contributed by atoms with Crippen molar-refractivity contribution < 1.29 is 18.0 Å². The summed E-state index contributed by atoms with van der Waals surface area (Å²) in [6.07, 6.45) is 1.34. The summed E-state index contributed by atoms with van der Waals surface area (Å²) in [5, 5.41) is 2.88. The largest absolute Gasteiger partial charge is 0.370 e. The second-order valence-electron chi connectivity index (χ2n) is 7.16. The fraction of sp³-hybridized carbons (Fsp3) is 0.333. The van der Waals surface area contributed by atoms with Crippen molar-refractivity contribution in [2.24, 2.45) is 11.7 Å². The van der Waals surface area contributed by atoms with Gasteiger partial charge in [-0.3, -0.25) is 9.59 Å².